The van der Waals surface area contributed by atoms with Crippen LogP contribution in [0.4, 0.5) is 4.39 Å². The summed E-state index contributed by atoms with van der Waals surface area (Å²) in [5.41, 5.74) is 3.77. The SMILES string of the molecule is Cc1cccc(CCNC(=O)c2cnn(-c3ccccc3F)c2C)c1. The zero-order chi connectivity index (χ0) is 17.8. The van der Waals surface area contributed by atoms with Gasteiger partial charge in [-0.3, -0.25) is 4.79 Å². The Kier molecular flexibility index (Phi) is 4.93. The zero-order valence-electron chi connectivity index (χ0n) is 14.3. The quantitative estimate of drug-likeness (QED) is 0.773. The van der Waals surface area contributed by atoms with Gasteiger partial charge in [-0.2, -0.15) is 5.10 Å². The first-order chi connectivity index (χ1) is 12.1. The second-order valence-corrected chi connectivity index (χ2v) is 6.00. The van der Waals surface area contributed by atoms with Gasteiger partial charge in [0.1, 0.15) is 11.5 Å². The van der Waals surface area contributed by atoms with Gasteiger partial charge >= 0.3 is 0 Å². The van der Waals surface area contributed by atoms with E-state index in [1.54, 1.807) is 25.1 Å². The average molecular weight is 337 g/mol. The molecule has 25 heavy (non-hydrogen) atoms. The van der Waals surface area contributed by atoms with Crippen molar-refractivity contribution in [2.75, 3.05) is 6.54 Å². The summed E-state index contributed by atoms with van der Waals surface area (Å²) >= 11 is 0. The topological polar surface area (TPSA) is 46.9 Å². The summed E-state index contributed by atoms with van der Waals surface area (Å²) in [7, 11) is 0. The van der Waals surface area contributed by atoms with Gasteiger partial charge in [-0.05, 0) is 38.0 Å². The van der Waals surface area contributed by atoms with E-state index >= 15 is 0 Å². The minimum Gasteiger partial charge on any atom is -0.352 e. The van der Waals surface area contributed by atoms with Crippen molar-refractivity contribution in [1.29, 1.82) is 0 Å². The molecule has 1 aromatic heterocycles. The molecule has 0 saturated heterocycles. The highest BCUT2D eigenvalue weighted by Gasteiger charge is 2.16. The van der Waals surface area contributed by atoms with Crippen LogP contribution in [0.25, 0.3) is 5.69 Å². The van der Waals surface area contributed by atoms with E-state index in [0.717, 1.165) is 6.42 Å². The molecule has 0 aliphatic heterocycles. The van der Waals surface area contributed by atoms with Crippen LogP contribution in [0.2, 0.25) is 0 Å². The molecule has 0 bridgehead atoms. The third kappa shape index (κ3) is 3.76. The molecule has 5 heteroatoms. The number of aromatic nitrogens is 2. The van der Waals surface area contributed by atoms with Crippen molar-refractivity contribution < 1.29 is 9.18 Å². The molecule has 1 amide bonds. The Morgan fingerprint density at radius 2 is 1.96 bits per heavy atom. The Balaban J connectivity index is 1.68. The van der Waals surface area contributed by atoms with Crippen molar-refractivity contribution in [2.24, 2.45) is 0 Å². The molecule has 0 saturated carbocycles. The number of carbonyl (C=O) groups is 1. The molecular weight excluding hydrogens is 317 g/mol. The summed E-state index contributed by atoms with van der Waals surface area (Å²) in [5, 5.41) is 7.06. The van der Waals surface area contributed by atoms with Crippen LogP contribution >= 0.6 is 0 Å². The standard InChI is InChI=1S/C20H20FN3O/c1-14-6-5-7-16(12-14)10-11-22-20(25)17-13-23-24(15(17)2)19-9-4-3-8-18(19)21/h3-9,12-13H,10-11H2,1-2H3,(H,22,25). The largest absolute Gasteiger partial charge is 0.352 e. The van der Waals surface area contributed by atoms with Crippen molar-refractivity contribution >= 4 is 5.91 Å². The molecular formula is C20H20FN3O. The number of aryl methyl sites for hydroxylation is 1. The van der Waals surface area contributed by atoms with Crippen LogP contribution < -0.4 is 5.32 Å². The molecule has 0 atom stereocenters. The van der Waals surface area contributed by atoms with Crippen LogP contribution in [0, 0.1) is 19.7 Å². The van der Waals surface area contributed by atoms with Gasteiger partial charge in [-0.15, -0.1) is 0 Å². The maximum Gasteiger partial charge on any atom is 0.254 e. The van der Waals surface area contributed by atoms with Crippen molar-refractivity contribution in [2.45, 2.75) is 20.3 Å². The minimum absolute atomic E-state index is 0.201. The first kappa shape index (κ1) is 16.9. The fourth-order valence-corrected chi connectivity index (χ4v) is 2.78. The third-order valence-electron chi connectivity index (χ3n) is 4.12. The number of hydrogen-bond acceptors (Lipinski definition) is 2. The minimum atomic E-state index is -0.375. The molecule has 0 aliphatic rings. The molecule has 1 heterocycles. The second-order valence-electron chi connectivity index (χ2n) is 6.00. The lowest BCUT2D eigenvalue weighted by molar-refractivity contribution is 0.0953. The summed E-state index contributed by atoms with van der Waals surface area (Å²) in [6.07, 6.45) is 2.23. The molecule has 4 nitrogen and oxygen atoms in total. The summed E-state index contributed by atoms with van der Waals surface area (Å²) in [6.45, 7) is 4.34. The van der Waals surface area contributed by atoms with Crippen LogP contribution in [0.3, 0.4) is 0 Å². The number of hydrogen-bond donors (Lipinski definition) is 1. The molecule has 128 valence electrons. The van der Waals surface area contributed by atoms with Gasteiger partial charge < -0.3 is 5.32 Å². The highest BCUT2D eigenvalue weighted by Crippen LogP contribution is 2.17. The van der Waals surface area contributed by atoms with Gasteiger partial charge in [0.2, 0.25) is 0 Å². The van der Waals surface area contributed by atoms with Crippen molar-refractivity contribution in [3.63, 3.8) is 0 Å². The van der Waals surface area contributed by atoms with E-state index in [4.69, 9.17) is 0 Å². The first-order valence-corrected chi connectivity index (χ1v) is 8.19. The molecule has 0 unspecified atom stereocenters. The number of nitrogens with zero attached hydrogens (tertiary/aromatic N) is 2. The maximum atomic E-state index is 13.9. The summed E-state index contributed by atoms with van der Waals surface area (Å²) in [5.74, 6) is -0.576. The molecule has 0 radical (unpaired) electrons. The first-order valence-electron chi connectivity index (χ1n) is 8.19. The monoisotopic (exact) mass is 337 g/mol. The van der Waals surface area contributed by atoms with E-state index < -0.39 is 0 Å². The van der Waals surface area contributed by atoms with E-state index in [-0.39, 0.29) is 11.7 Å². The predicted molar refractivity (Wildman–Crippen MR) is 95.5 cm³/mol. The second kappa shape index (κ2) is 7.30. The lowest BCUT2D eigenvalue weighted by atomic mass is 10.1. The number of para-hydroxylation sites is 1. The number of carbonyl (C=O) groups excluding carboxylic acids is 1. The predicted octanol–water partition coefficient (Wildman–Crippen LogP) is 3.60. The Morgan fingerprint density at radius 1 is 1.16 bits per heavy atom. The van der Waals surface area contributed by atoms with E-state index in [1.165, 1.54) is 28.1 Å². The third-order valence-corrected chi connectivity index (χ3v) is 4.12. The van der Waals surface area contributed by atoms with Crippen LogP contribution in [0.1, 0.15) is 27.2 Å². The van der Waals surface area contributed by atoms with Crippen LogP contribution in [0.15, 0.2) is 54.7 Å². The lowest BCUT2D eigenvalue weighted by Crippen LogP contribution is -2.26. The molecule has 0 aliphatic carbocycles. The Morgan fingerprint density at radius 3 is 2.72 bits per heavy atom. The number of nitrogens with one attached hydrogen (secondary N) is 1. The smallest absolute Gasteiger partial charge is 0.254 e. The van der Waals surface area contributed by atoms with Crippen LogP contribution in [-0.2, 0) is 6.42 Å². The highest BCUT2D eigenvalue weighted by molar-refractivity contribution is 5.95. The van der Waals surface area contributed by atoms with E-state index in [9.17, 15) is 9.18 Å². The molecule has 1 N–H and O–H groups in total. The Hall–Kier alpha value is -2.95. The molecule has 2 aromatic carbocycles. The van der Waals surface area contributed by atoms with E-state index in [2.05, 4.69) is 16.5 Å². The summed E-state index contributed by atoms with van der Waals surface area (Å²) in [4.78, 5) is 12.4. The maximum absolute atomic E-state index is 13.9. The van der Waals surface area contributed by atoms with Crippen LogP contribution in [-0.4, -0.2) is 22.2 Å². The van der Waals surface area contributed by atoms with Crippen LogP contribution in [0.5, 0.6) is 0 Å². The Labute approximate surface area is 146 Å². The van der Waals surface area contributed by atoms with Gasteiger partial charge in [0.05, 0.1) is 17.5 Å². The van der Waals surface area contributed by atoms with Gasteiger partial charge in [0.25, 0.3) is 5.91 Å². The van der Waals surface area contributed by atoms with Gasteiger partial charge in [-0.25, -0.2) is 9.07 Å². The lowest BCUT2D eigenvalue weighted by Gasteiger charge is -2.08. The van der Waals surface area contributed by atoms with Crippen molar-refractivity contribution in [3.8, 4) is 5.69 Å². The fourth-order valence-electron chi connectivity index (χ4n) is 2.78. The summed E-state index contributed by atoms with van der Waals surface area (Å²) in [6, 6.07) is 14.6. The van der Waals surface area contributed by atoms with E-state index in [0.29, 0.717) is 23.5 Å². The number of benzene rings is 2. The van der Waals surface area contributed by atoms with Crippen molar-refractivity contribution in [3.05, 3.63) is 82.9 Å². The Bertz CT molecular complexity index is 901. The fraction of sp³-hybridized carbons (Fsp3) is 0.200. The van der Waals surface area contributed by atoms with E-state index in [1.807, 2.05) is 25.1 Å². The molecule has 0 spiro atoms. The highest BCUT2D eigenvalue weighted by atomic mass is 19.1. The molecule has 3 aromatic rings. The zero-order valence-corrected chi connectivity index (χ0v) is 14.3. The van der Waals surface area contributed by atoms with Crippen molar-refractivity contribution in [1.82, 2.24) is 15.1 Å². The number of amides is 1. The number of halogens is 1. The van der Waals surface area contributed by atoms with Gasteiger partial charge in [-0.1, -0.05) is 42.0 Å². The van der Waals surface area contributed by atoms with Gasteiger partial charge in [0, 0.05) is 6.54 Å². The number of rotatable bonds is 5. The average Bonchev–Trinajstić information content (AvgIpc) is 2.97. The molecule has 0 fully saturated rings. The normalized spacial score (nSPS) is 10.7. The van der Waals surface area contributed by atoms with Gasteiger partial charge in [0.15, 0.2) is 0 Å². The molecule has 3 rings (SSSR count). The summed E-state index contributed by atoms with van der Waals surface area (Å²) < 4.78 is 15.4.